The van der Waals surface area contributed by atoms with Crippen molar-refractivity contribution in [2.24, 2.45) is 0 Å². The number of hydrogen-bond donors (Lipinski definition) is 1. The third kappa shape index (κ3) is 2.38. The van der Waals surface area contributed by atoms with Crippen LogP contribution in [0.15, 0.2) is 22.7 Å². The molecule has 1 heterocycles. The number of aryl methyl sites for hydroxylation is 1. The van der Waals surface area contributed by atoms with E-state index in [-0.39, 0.29) is 6.04 Å². The maximum absolute atomic E-state index is 4.73. The summed E-state index contributed by atoms with van der Waals surface area (Å²) < 4.78 is 3.39. The molecule has 92 valence electrons. The zero-order valence-corrected chi connectivity index (χ0v) is 12.1. The fourth-order valence-corrected chi connectivity index (χ4v) is 2.39. The van der Waals surface area contributed by atoms with Crippen molar-refractivity contribution >= 4 is 27.0 Å². The second-order valence-corrected chi connectivity index (χ2v) is 5.18. The van der Waals surface area contributed by atoms with Crippen LogP contribution in [0.3, 0.4) is 0 Å². The number of rotatable bonds is 4. The lowest BCUT2D eigenvalue weighted by Crippen LogP contribution is -2.17. The SMILES string of the molecule is CCCn1c(C(C)NC)nc2cc(Br)ccc21. The molecule has 0 radical (unpaired) electrons. The molecular weight excluding hydrogens is 278 g/mol. The first kappa shape index (κ1) is 12.6. The maximum atomic E-state index is 4.73. The van der Waals surface area contributed by atoms with Crippen molar-refractivity contribution in [3.05, 3.63) is 28.5 Å². The van der Waals surface area contributed by atoms with Gasteiger partial charge in [0.25, 0.3) is 0 Å². The minimum absolute atomic E-state index is 0.271. The van der Waals surface area contributed by atoms with Crippen molar-refractivity contribution in [1.82, 2.24) is 14.9 Å². The number of nitrogens with zero attached hydrogens (tertiary/aromatic N) is 2. The number of hydrogen-bond acceptors (Lipinski definition) is 2. The van der Waals surface area contributed by atoms with E-state index in [1.807, 2.05) is 7.05 Å². The molecule has 0 fully saturated rings. The van der Waals surface area contributed by atoms with E-state index in [4.69, 9.17) is 4.98 Å². The van der Waals surface area contributed by atoms with Crippen LogP contribution in [0.5, 0.6) is 0 Å². The summed E-state index contributed by atoms with van der Waals surface area (Å²) in [5.41, 5.74) is 2.28. The van der Waals surface area contributed by atoms with Gasteiger partial charge in [0.15, 0.2) is 0 Å². The molecule has 0 saturated heterocycles. The van der Waals surface area contributed by atoms with Gasteiger partial charge in [-0.05, 0) is 38.6 Å². The van der Waals surface area contributed by atoms with Crippen LogP contribution in [0.1, 0.15) is 32.1 Å². The number of halogens is 1. The van der Waals surface area contributed by atoms with Crippen molar-refractivity contribution in [2.75, 3.05) is 7.05 Å². The molecule has 0 aliphatic heterocycles. The summed E-state index contributed by atoms with van der Waals surface area (Å²) in [5, 5.41) is 3.26. The summed E-state index contributed by atoms with van der Waals surface area (Å²) >= 11 is 3.49. The quantitative estimate of drug-likeness (QED) is 0.936. The molecule has 17 heavy (non-hydrogen) atoms. The Hall–Kier alpha value is -0.870. The molecule has 0 aliphatic rings. The summed E-state index contributed by atoms with van der Waals surface area (Å²) in [6.45, 7) is 5.35. The van der Waals surface area contributed by atoms with E-state index in [1.165, 1.54) is 5.52 Å². The van der Waals surface area contributed by atoms with E-state index < -0.39 is 0 Å². The molecule has 0 amide bonds. The van der Waals surface area contributed by atoms with E-state index >= 15 is 0 Å². The largest absolute Gasteiger partial charge is 0.327 e. The lowest BCUT2D eigenvalue weighted by atomic mass is 10.3. The Morgan fingerprint density at radius 2 is 2.24 bits per heavy atom. The average molecular weight is 296 g/mol. The highest BCUT2D eigenvalue weighted by atomic mass is 79.9. The van der Waals surface area contributed by atoms with Gasteiger partial charge in [0.05, 0.1) is 17.1 Å². The van der Waals surface area contributed by atoms with Crippen LogP contribution in [0.25, 0.3) is 11.0 Å². The molecule has 1 unspecified atom stereocenters. The van der Waals surface area contributed by atoms with E-state index in [0.717, 1.165) is 28.8 Å². The predicted octanol–water partition coefficient (Wildman–Crippen LogP) is 3.49. The Morgan fingerprint density at radius 3 is 2.88 bits per heavy atom. The number of nitrogens with one attached hydrogen (secondary N) is 1. The van der Waals surface area contributed by atoms with Gasteiger partial charge in [0.1, 0.15) is 5.82 Å². The summed E-state index contributed by atoms with van der Waals surface area (Å²) in [4.78, 5) is 4.73. The molecule has 4 heteroatoms. The van der Waals surface area contributed by atoms with Gasteiger partial charge < -0.3 is 9.88 Å². The van der Waals surface area contributed by atoms with Gasteiger partial charge in [-0.1, -0.05) is 22.9 Å². The van der Waals surface area contributed by atoms with Gasteiger partial charge in [-0.25, -0.2) is 4.98 Å². The zero-order chi connectivity index (χ0) is 12.4. The lowest BCUT2D eigenvalue weighted by molar-refractivity contribution is 0.554. The summed E-state index contributed by atoms with van der Waals surface area (Å²) in [7, 11) is 1.97. The van der Waals surface area contributed by atoms with E-state index in [9.17, 15) is 0 Å². The highest BCUT2D eigenvalue weighted by Crippen LogP contribution is 2.24. The molecule has 2 aromatic rings. The molecule has 0 aliphatic carbocycles. The smallest absolute Gasteiger partial charge is 0.126 e. The van der Waals surface area contributed by atoms with E-state index in [0.29, 0.717) is 0 Å². The Morgan fingerprint density at radius 1 is 1.47 bits per heavy atom. The number of fused-ring (bicyclic) bond motifs is 1. The van der Waals surface area contributed by atoms with E-state index in [1.54, 1.807) is 0 Å². The standard InChI is InChI=1S/C13H18BrN3/c1-4-7-17-12-6-5-10(14)8-11(12)16-13(17)9(2)15-3/h5-6,8-9,15H,4,7H2,1-3H3. The number of aromatic nitrogens is 2. The normalized spacial score (nSPS) is 13.2. The van der Waals surface area contributed by atoms with Crippen molar-refractivity contribution < 1.29 is 0 Å². The third-order valence-corrected chi connectivity index (χ3v) is 3.50. The van der Waals surface area contributed by atoms with Crippen LogP contribution in [-0.4, -0.2) is 16.6 Å². The molecule has 2 rings (SSSR count). The second-order valence-electron chi connectivity index (χ2n) is 4.27. The second kappa shape index (κ2) is 5.19. The molecule has 1 atom stereocenters. The number of benzene rings is 1. The first-order chi connectivity index (χ1) is 8.17. The van der Waals surface area contributed by atoms with Crippen molar-refractivity contribution in [3.8, 4) is 0 Å². The summed E-state index contributed by atoms with van der Waals surface area (Å²) in [6, 6.07) is 6.55. The molecule has 1 aromatic heterocycles. The zero-order valence-electron chi connectivity index (χ0n) is 10.5. The minimum Gasteiger partial charge on any atom is -0.327 e. The van der Waals surface area contributed by atoms with E-state index in [2.05, 4.69) is 57.9 Å². The molecule has 1 N–H and O–H groups in total. The first-order valence-corrected chi connectivity index (χ1v) is 6.79. The summed E-state index contributed by atoms with van der Waals surface area (Å²) in [6.07, 6.45) is 1.12. The Bertz CT molecular complexity index is 519. The predicted molar refractivity (Wildman–Crippen MR) is 75.2 cm³/mol. The molecule has 1 aromatic carbocycles. The van der Waals surface area contributed by atoms with Crippen LogP contribution >= 0.6 is 15.9 Å². The van der Waals surface area contributed by atoms with Crippen LogP contribution in [0.4, 0.5) is 0 Å². The average Bonchev–Trinajstić information content (AvgIpc) is 2.67. The molecule has 0 bridgehead atoms. The van der Waals surface area contributed by atoms with Crippen molar-refractivity contribution in [1.29, 1.82) is 0 Å². The van der Waals surface area contributed by atoms with Gasteiger partial charge in [0, 0.05) is 11.0 Å². The molecular formula is C13H18BrN3. The topological polar surface area (TPSA) is 29.9 Å². The van der Waals surface area contributed by atoms with Gasteiger partial charge in [-0.15, -0.1) is 0 Å². The third-order valence-electron chi connectivity index (χ3n) is 3.01. The Labute approximate surface area is 110 Å². The highest BCUT2D eigenvalue weighted by Gasteiger charge is 2.14. The molecule has 0 saturated carbocycles. The van der Waals surface area contributed by atoms with Crippen LogP contribution in [-0.2, 0) is 6.54 Å². The summed E-state index contributed by atoms with van der Waals surface area (Å²) in [5.74, 6) is 1.11. The van der Waals surface area contributed by atoms with Crippen LogP contribution in [0, 0.1) is 0 Å². The van der Waals surface area contributed by atoms with Crippen molar-refractivity contribution in [3.63, 3.8) is 0 Å². The van der Waals surface area contributed by atoms with Gasteiger partial charge >= 0.3 is 0 Å². The van der Waals surface area contributed by atoms with Crippen LogP contribution < -0.4 is 5.32 Å². The monoisotopic (exact) mass is 295 g/mol. The maximum Gasteiger partial charge on any atom is 0.126 e. The Balaban J connectivity index is 2.61. The number of imidazole rings is 1. The van der Waals surface area contributed by atoms with Crippen molar-refractivity contribution in [2.45, 2.75) is 32.9 Å². The fourth-order valence-electron chi connectivity index (χ4n) is 2.04. The molecule has 0 spiro atoms. The lowest BCUT2D eigenvalue weighted by Gasteiger charge is -2.13. The fraction of sp³-hybridized carbons (Fsp3) is 0.462. The van der Waals surface area contributed by atoms with Gasteiger partial charge in [0.2, 0.25) is 0 Å². The van der Waals surface area contributed by atoms with Gasteiger partial charge in [-0.3, -0.25) is 0 Å². The van der Waals surface area contributed by atoms with Gasteiger partial charge in [-0.2, -0.15) is 0 Å². The van der Waals surface area contributed by atoms with Crippen LogP contribution in [0.2, 0.25) is 0 Å². The highest BCUT2D eigenvalue weighted by molar-refractivity contribution is 9.10. The Kier molecular flexibility index (Phi) is 3.84. The first-order valence-electron chi connectivity index (χ1n) is 6.00. The minimum atomic E-state index is 0.271. The molecule has 3 nitrogen and oxygen atoms in total.